The first-order chi connectivity index (χ1) is 20.7. The van der Waals surface area contributed by atoms with E-state index in [1.54, 1.807) is 6.07 Å². The number of hydrogen-bond donors (Lipinski definition) is 0. The fraction of sp³-hybridized carbons (Fsp3) is 0.531. The number of piperidine rings is 1. The van der Waals surface area contributed by atoms with Crippen LogP contribution in [0.5, 0.6) is 0 Å². The Morgan fingerprint density at radius 2 is 1.74 bits per heavy atom. The summed E-state index contributed by atoms with van der Waals surface area (Å²) in [6.07, 6.45) is 1.03. The van der Waals surface area contributed by atoms with Gasteiger partial charge in [0.1, 0.15) is 28.7 Å². The second-order valence-electron chi connectivity index (χ2n) is 12.7. The molecule has 0 saturated carbocycles. The summed E-state index contributed by atoms with van der Waals surface area (Å²) in [5.41, 5.74) is 4.70. The van der Waals surface area contributed by atoms with Crippen molar-refractivity contribution >= 4 is 38.3 Å². The summed E-state index contributed by atoms with van der Waals surface area (Å²) in [5, 5.41) is 11.8. The van der Waals surface area contributed by atoms with Gasteiger partial charge in [-0.1, -0.05) is 6.07 Å². The summed E-state index contributed by atoms with van der Waals surface area (Å²) in [6.45, 7) is 11.0. The highest BCUT2D eigenvalue weighted by Crippen LogP contribution is 2.45. The van der Waals surface area contributed by atoms with E-state index in [1.165, 1.54) is 35.7 Å². The normalized spacial score (nSPS) is 19.5. The molecule has 3 aromatic heterocycles. The average Bonchev–Trinajstić information content (AvgIpc) is 3.70. The predicted molar refractivity (Wildman–Crippen MR) is 163 cm³/mol. The number of alkyl halides is 3. The van der Waals surface area contributed by atoms with Crippen LogP contribution in [0.1, 0.15) is 47.4 Å². The molecule has 0 radical (unpaired) electrons. The van der Waals surface area contributed by atoms with E-state index in [-0.39, 0.29) is 10.3 Å². The molecule has 0 N–H and O–H groups in total. The van der Waals surface area contributed by atoms with Crippen LogP contribution in [0.15, 0.2) is 30.6 Å². The summed E-state index contributed by atoms with van der Waals surface area (Å²) in [7, 11) is 0. The molecule has 3 saturated heterocycles. The van der Waals surface area contributed by atoms with Crippen molar-refractivity contribution in [1.82, 2.24) is 24.3 Å². The lowest BCUT2D eigenvalue weighted by Gasteiger charge is -2.54. The lowest BCUT2D eigenvalue weighted by Crippen LogP contribution is -2.60. The van der Waals surface area contributed by atoms with Crippen LogP contribution in [0, 0.1) is 23.7 Å². The molecule has 0 atom stereocenters. The summed E-state index contributed by atoms with van der Waals surface area (Å²) in [5.74, 6) is 0.760. The Labute approximate surface area is 253 Å². The summed E-state index contributed by atoms with van der Waals surface area (Å²) in [4.78, 5) is 16.8. The molecule has 6 heterocycles. The molecule has 3 fully saturated rings. The number of nitrogens with zero attached hydrogens (tertiary/aromatic N) is 7. The Morgan fingerprint density at radius 3 is 2.47 bits per heavy atom. The maximum atomic E-state index is 13.0. The zero-order valence-corrected chi connectivity index (χ0v) is 25.3. The Kier molecular flexibility index (Phi) is 7.35. The largest absolute Gasteiger partial charge is 0.393 e. The fourth-order valence-corrected chi connectivity index (χ4v) is 8.38. The van der Waals surface area contributed by atoms with E-state index in [2.05, 4.69) is 60.4 Å². The SMILES string of the molecule is Cc1c(CN2CCC3(CC2)CN(c2ncnc4sc(CC(F)(F)F)cc24)C3)ccc2c1cc(C#N)n2CCN1CCCC1. The minimum absolute atomic E-state index is 0.228. The number of benzene rings is 1. The first-order valence-electron chi connectivity index (χ1n) is 15.2. The van der Waals surface area contributed by atoms with E-state index in [0.29, 0.717) is 4.83 Å². The molecule has 43 heavy (non-hydrogen) atoms. The lowest BCUT2D eigenvalue weighted by molar-refractivity contribution is -0.126. The predicted octanol–water partition coefficient (Wildman–Crippen LogP) is 6.13. The van der Waals surface area contributed by atoms with Crippen LogP contribution in [0.3, 0.4) is 0 Å². The molecule has 0 unspecified atom stereocenters. The number of rotatable bonds is 7. The molecular formula is C32H36F3N7S. The Hall–Kier alpha value is -3.20. The third-order valence-corrected chi connectivity index (χ3v) is 10.9. The minimum Gasteiger partial charge on any atom is -0.355 e. The van der Waals surface area contributed by atoms with Crippen molar-refractivity contribution in [2.75, 3.05) is 50.7 Å². The van der Waals surface area contributed by atoms with Crippen molar-refractivity contribution in [2.45, 2.75) is 58.3 Å². The number of anilines is 1. The van der Waals surface area contributed by atoms with Crippen molar-refractivity contribution in [3.05, 3.63) is 52.3 Å². The number of hydrogen-bond acceptors (Lipinski definition) is 7. The number of thiophene rings is 1. The van der Waals surface area contributed by atoms with Gasteiger partial charge in [0.15, 0.2) is 0 Å². The molecule has 7 rings (SSSR count). The van der Waals surface area contributed by atoms with E-state index < -0.39 is 12.6 Å². The topological polar surface area (TPSA) is 64.2 Å². The molecule has 0 bridgehead atoms. The van der Waals surface area contributed by atoms with Crippen LogP contribution in [-0.4, -0.2) is 76.3 Å². The quantitative estimate of drug-likeness (QED) is 0.252. The van der Waals surface area contributed by atoms with E-state index in [9.17, 15) is 18.4 Å². The highest BCUT2D eigenvalue weighted by Gasteiger charge is 2.46. The second-order valence-corrected chi connectivity index (χ2v) is 13.8. The number of halogens is 3. The van der Waals surface area contributed by atoms with Gasteiger partial charge in [-0.2, -0.15) is 18.4 Å². The van der Waals surface area contributed by atoms with Crippen molar-refractivity contribution in [3.8, 4) is 6.07 Å². The zero-order valence-electron chi connectivity index (χ0n) is 24.5. The molecule has 7 nitrogen and oxygen atoms in total. The average molecular weight is 608 g/mol. The molecule has 0 aliphatic carbocycles. The van der Waals surface area contributed by atoms with Crippen LogP contribution < -0.4 is 4.90 Å². The molecule has 1 spiro atoms. The maximum absolute atomic E-state index is 13.0. The van der Waals surface area contributed by atoms with Crippen LogP contribution in [0.2, 0.25) is 0 Å². The van der Waals surface area contributed by atoms with Crippen LogP contribution in [-0.2, 0) is 19.5 Å². The fourth-order valence-electron chi connectivity index (χ4n) is 7.36. The zero-order chi connectivity index (χ0) is 29.8. The number of nitriles is 1. The second kappa shape index (κ2) is 11.1. The smallest absolute Gasteiger partial charge is 0.355 e. The number of aryl methyl sites for hydroxylation is 1. The third kappa shape index (κ3) is 5.61. The third-order valence-electron chi connectivity index (χ3n) is 9.82. The summed E-state index contributed by atoms with van der Waals surface area (Å²) < 4.78 is 41.1. The highest BCUT2D eigenvalue weighted by atomic mass is 32.1. The summed E-state index contributed by atoms with van der Waals surface area (Å²) in [6, 6.07) is 10.6. The highest BCUT2D eigenvalue weighted by molar-refractivity contribution is 7.18. The van der Waals surface area contributed by atoms with Crippen molar-refractivity contribution < 1.29 is 13.2 Å². The molecular weight excluding hydrogens is 571 g/mol. The van der Waals surface area contributed by atoms with Crippen molar-refractivity contribution in [2.24, 2.45) is 5.41 Å². The monoisotopic (exact) mass is 607 g/mol. The van der Waals surface area contributed by atoms with Gasteiger partial charge in [0.2, 0.25) is 0 Å². The first-order valence-corrected chi connectivity index (χ1v) is 16.0. The van der Waals surface area contributed by atoms with Gasteiger partial charge < -0.3 is 14.4 Å². The van der Waals surface area contributed by atoms with E-state index in [1.807, 2.05) is 0 Å². The standard InChI is InChI=1S/C32H36F3N7S/c1-22-23(4-5-28-26(22)14-24(17-36)42(28)13-12-39-8-2-3-9-39)18-40-10-6-31(7-11-40)19-41(20-31)29-27-15-25(16-32(33,34)35)43-30(27)38-21-37-29/h4-5,14-15,21H,2-3,6-13,16,18-20H2,1H3. The lowest BCUT2D eigenvalue weighted by atomic mass is 9.72. The van der Waals surface area contributed by atoms with Gasteiger partial charge in [-0.3, -0.25) is 4.90 Å². The van der Waals surface area contributed by atoms with Gasteiger partial charge in [0.05, 0.1) is 11.8 Å². The van der Waals surface area contributed by atoms with E-state index >= 15 is 0 Å². The van der Waals surface area contributed by atoms with Crippen LogP contribution in [0.4, 0.5) is 19.0 Å². The molecule has 3 aliphatic rings. The Morgan fingerprint density at radius 1 is 0.977 bits per heavy atom. The Balaban J connectivity index is 0.987. The number of fused-ring (bicyclic) bond motifs is 2. The van der Waals surface area contributed by atoms with Crippen LogP contribution in [0.25, 0.3) is 21.1 Å². The number of likely N-dealkylation sites (tertiary alicyclic amines) is 2. The van der Waals surface area contributed by atoms with Gasteiger partial charge in [0, 0.05) is 53.9 Å². The molecule has 3 aliphatic heterocycles. The molecule has 1 aromatic carbocycles. The Bertz CT molecular complexity index is 1680. The van der Waals surface area contributed by atoms with Gasteiger partial charge in [-0.05, 0) is 88.1 Å². The van der Waals surface area contributed by atoms with Gasteiger partial charge in [-0.25, -0.2) is 9.97 Å². The maximum Gasteiger partial charge on any atom is 0.393 e. The summed E-state index contributed by atoms with van der Waals surface area (Å²) >= 11 is 1.11. The molecule has 11 heteroatoms. The van der Waals surface area contributed by atoms with Crippen molar-refractivity contribution in [1.29, 1.82) is 5.26 Å². The first kappa shape index (κ1) is 28.6. The molecule has 0 amide bonds. The molecule has 4 aromatic rings. The molecule has 226 valence electrons. The van der Waals surface area contributed by atoms with E-state index in [0.717, 1.165) is 105 Å². The van der Waals surface area contributed by atoms with Gasteiger partial charge in [-0.15, -0.1) is 11.3 Å². The van der Waals surface area contributed by atoms with Crippen molar-refractivity contribution in [3.63, 3.8) is 0 Å². The number of aromatic nitrogens is 3. The van der Waals surface area contributed by atoms with E-state index in [4.69, 9.17) is 0 Å². The van der Waals surface area contributed by atoms with Gasteiger partial charge >= 0.3 is 6.18 Å². The van der Waals surface area contributed by atoms with Gasteiger partial charge in [0.25, 0.3) is 0 Å². The minimum atomic E-state index is -4.23. The van der Waals surface area contributed by atoms with Crippen LogP contribution >= 0.6 is 11.3 Å².